The van der Waals surface area contributed by atoms with E-state index < -0.39 is 0 Å². The molecule has 0 saturated heterocycles. The summed E-state index contributed by atoms with van der Waals surface area (Å²) in [6, 6.07) is 3.70. The highest BCUT2D eigenvalue weighted by Crippen LogP contribution is 2.23. The van der Waals surface area contributed by atoms with Crippen LogP contribution in [-0.4, -0.2) is 30.0 Å². The zero-order valence-electron chi connectivity index (χ0n) is 9.66. The maximum atomic E-state index is 11.5. The Morgan fingerprint density at radius 1 is 1.27 bits per heavy atom. The fourth-order valence-electron chi connectivity index (χ4n) is 1.48. The molecular formula is C12H17NO2. The number of benzene rings is 1. The molecule has 0 radical (unpaired) electrons. The van der Waals surface area contributed by atoms with E-state index >= 15 is 0 Å². The van der Waals surface area contributed by atoms with Gasteiger partial charge in [0.15, 0.2) is 0 Å². The molecule has 0 atom stereocenters. The van der Waals surface area contributed by atoms with Gasteiger partial charge in [0.1, 0.15) is 5.75 Å². The minimum atomic E-state index is 0.0690. The molecule has 0 aromatic heterocycles. The molecule has 1 N–H and O–H groups in total. The first-order valence-electron chi connectivity index (χ1n) is 4.91. The fourth-order valence-corrected chi connectivity index (χ4v) is 1.48. The van der Waals surface area contributed by atoms with E-state index in [4.69, 9.17) is 0 Å². The second kappa shape index (κ2) is 4.34. The Bertz CT molecular complexity index is 360. The van der Waals surface area contributed by atoms with E-state index in [0.717, 1.165) is 16.7 Å². The third kappa shape index (κ3) is 2.72. The number of phenols is 1. The highest BCUT2D eigenvalue weighted by molar-refractivity contribution is 5.78. The van der Waals surface area contributed by atoms with Crippen LogP contribution in [0.25, 0.3) is 0 Å². The lowest BCUT2D eigenvalue weighted by Crippen LogP contribution is -2.23. The van der Waals surface area contributed by atoms with Gasteiger partial charge in [-0.05, 0) is 30.5 Å². The number of aromatic hydroxyl groups is 1. The van der Waals surface area contributed by atoms with Crippen LogP contribution in [-0.2, 0) is 11.2 Å². The van der Waals surface area contributed by atoms with Gasteiger partial charge in [-0.15, -0.1) is 0 Å². The largest absolute Gasteiger partial charge is 0.507 e. The molecule has 0 aliphatic rings. The van der Waals surface area contributed by atoms with Crippen LogP contribution < -0.4 is 0 Å². The van der Waals surface area contributed by atoms with Gasteiger partial charge < -0.3 is 10.0 Å². The topological polar surface area (TPSA) is 40.5 Å². The fraction of sp³-hybridized carbons (Fsp3) is 0.417. The standard InChI is InChI=1S/C12H17NO2/c1-8-5-10(6-9(2)12(8)15)7-11(14)13(3)4/h5-6,15H,7H2,1-4H3. The summed E-state index contributed by atoms with van der Waals surface area (Å²) < 4.78 is 0. The summed E-state index contributed by atoms with van der Waals surface area (Å²) >= 11 is 0. The highest BCUT2D eigenvalue weighted by atomic mass is 16.3. The highest BCUT2D eigenvalue weighted by Gasteiger charge is 2.08. The molecule has 0 aliphatic heterocycles. The Kier molecular flexibility index (Phi) is 3.35. The quantitative estimate of drug-likeness (QED) is 0.801. The number of carbonyl (C=O) groups is 1. The van der Waals surface area contributed by atoms with Gasteiger partial charge in [-0.1, -0.05) is 12.1 Å². The van der Waals surface area contributed by atoms with Crippen LogP contribution in [0.1, 0.15) is 16.7 Å². The number of rotatable bonds is 2. The molecule has 0 unspecified atom stereocenters. The summed E-state index contributed by atoms with van der Waals surface area (Å²) in [5, 5.41) is 9.58. The summed E-state index contributed by atoms with van der Waals surface area (Å²) in [6.07, 6.45) is 0.384. The molecule has 0 saturated carbocycles. The van der Waals surface area contributed by atoms with E-state index in [1.807, 2.05) is 26.0 Å². The molecular weight excluding hydrogens is 190 g/mol. The Morgan fingerprint density at radius 3 is 2.13 bits per heavy atom. The van der Waals surface area contributed by atoms with Gasteiger partial charge in [-0.25, -0.2) is 0 Å². The molecule has 0 aliphatic carbocycles. The van der Waals surface area contributed by atoms with Gasteiger partial charge in [0, 0.05) is 14.1 Å². The van der Waals surface area contributed by atoms with Gasteiger partial charge >= 0.3 is 0 Å². The molecule has 1 amide bonds. The second-order valence-corrected chi connectivity index (χ2v) is 4.04. The maximum absolute atomic E-state index is 11.5. The summed E-state index contributed by atoms with van der Waals surface area (Å²) in [7, 11) is 3.48. The minimum Gasteiger partial charge on any atom is -0.507 e. The first kappa shape index (κ1) is 11.6. The predicted molar refractivity (Wildman–Crippen MR) is 60.0 cm³/mol. The van der Waals surface area contributed by atoms with Crippen LogP contribution in [0.15, 0.2) is 12.1 Å². The molecule has 1 aromatic rings. The monoisotopic (exact) mass is 207 g/mol. The van der Waals surface area contributed by atoms with Crippen molar-refractivity contribution in [3.05, 3.63) is 28.8 Å². The van der Waals surface area contributed by atoms with Crippen molar-refractivity contribution in [2.45, 2.75) is 20.3 Å². The van der Waals surface area contributed by atoms with E-state index in [1.165, 1.54) is 0 Å². The Morgan fingerprint density at radius 2 is 1.73 bits per heavy atom. The molecule has 15 heavy (non-hydrogen) atoms. The van der Waals surface area contributed by atoms with Gasteiger partial charge in [0.25, 0.3) is 0 Å². The lowest BCUT2D eigenvalue weighted by Gasteiger charge is -2.11. The number of phenolic OH excluding ortho intramolecular Hbond substituents is 1. The van der Waals surface area contributed by atoms with Gasteiger partial charge in [-0.2, -0.15) is 0 Å². The van der Waals surface area contributed by atoms with Gasteiger partial charge in [-0.3, -0.25) is 4.79 Å². The van der Waals surface area contributed by atoms with E-state index in [-0.39, 0.29) is 5.91 Å². The van der Waals surface area contributed by atoms with E-state index in [1.54, 1.807) is 19.0 Å². The van der Waals surface area contributed by atoms with Crippen molar-refractivity contribution in [2.75, 3.05) is 14.1 Å². The summed E-state index contributed by atoms with van der Waals surface area (Å²) in [4.78, 5) is 13.1. The SMILES string of the molecule is Cc1cc(CC(=O)N(C)C)cc(C)c1O. The third-order valence-electron chi connectivity index (χ3n) is 2.40. The lowest BCUT2D eigenvalue weighted by molar-refractivity contribution is -0.127. The molecule has 3 nitrogen and oxygen atoms in total. The average Bonchev–Trinajstić information content (AvgIpc) is 2.13. The number of aryl methyl sites for hydroxylation is 2. The van der Waals surface area contributed by atoms with E-state index in [0.29, 0.717) is 12.2 Å². The van der Waals surface area contributed by atoms with E-state index in [9.17, 15) is 9.90 Å². The molecule has 0 fully saturated rings. The number of hydrogen-bond acceptors (Lipinski definition) is 2. The zero-order chi connectivity index (χ0) is 11.6. The number of amides is 1. The molecule has 82 valence electrons. The van der Waals surface area contributed by atoms with Crippen LogP contribution in [0, 0.1) is 13.8 Å². The third-order valence-corrected chi connectivity index (χ3v) is 2.40. The molecule has 1 rings (SSSR count). The first-order chi connectivity index (χ1) is 6.91. The van der Waals surface area contributed by atoms with Crippen molar-refractivity contribution in [1.29, 1.82) is 0 Å². The molecule has 3 heteroatoms. The average molecular weight is 207 g/mol. The molecule has 0 heterocycles. The number of hydrogen-bond donors (Lipinski definition) is 1. The van der Waals surface area contributed by atoms with Crippen molar-refractivity contribution >= 4 is 5.91 Å². The van der Waals surface area contributed by atoms with Gasteiger partial charge in [0.2, 0.25) is 5.91 Å². The zero-order valence-corrected chi connectivity index (χ0v) is 9.66. The summed E-state index contributed by atoms with van der Waals surface area (Å²) in [5.41, 5.74) is 2.58. The Labute approximate surface area is 90.3 Å². The van der Waals surface area contributed by atoms with Crippen LogP contribution >= 0.6 is 0 Å². The molecule has 0 spiro atoms. The predicted octanol–water partition coefficient (Wildman–Crippen LogP) is 1.64. The van der Waals surface area contributed by atoms with Crippen molar-refractivity contribution < 1.29 is 9.90 Å². The molecule has 1 aromatic carbocycles. The van der Waals surface area contributed by atoms with Crippen molar-refractivity contribution in [3.8, 4) is 5.75 Å². The Balaban J connectivity index is 2.93. The van der Waals surface area contributed by atoms with Crippen LogP contribution in [0.5, 0.6) is 5.75 Å². The smallest absolute Gasteiger partial charge is 0.226 e. The Hall–Kier alpha value is -1.51. The first-order valence-corrected chi connectivity index (χ1v) is 4.91. The number of likely N-dealkylation sites (N-methyl/N-ethyl adjacent to an activating group) is 1. The van der Waals surface area contributed by atoms with E-state index in [2.05, 4.69) is 0 Å². The summed E-state index contributed by atoms with van der Waals surface area (Å²) in [5.74, 6) is 0.385. The number of nitrogens with zero attached hydrogens (tertiary/aromatic N) is 1. The number of carbonyl (C=O) groups excluding carboxylic acids is 1. The van der Waals surface area contributed by atoms with Crippen molar-refractivity contribution in [3.63, 3.8) is 0 Å². The normalized spacial score (nSPS) is 10.1. The molecule has 0 bridgehead atoms. The van der Waals surface area contributed by atoms with Crippen molar-refractivity contribution in [2.24, 2.45) is 0 Å². The second-order valence-electron chi connectivity index (χ2n) is 4.04. The van der Waals surface area contributed by atoms with Crippen LogP contribution in [0.3, 0.4) is 0 Å². The maximum Gasteiger partial charge on any atom is 0.226 e. The lowest BCUT2D eigenvalue weighted by atomic mass is 10.0. The minimum absolute atomic E-state index is 0.0690. The van der Waals surface area contributed by atoms with Crippen molar-refractivity contribution in [1.82, 2.24) is 4.90 Å². The van der Waals surface area contributed by atoms with Crippen LogP contribution in [0.4, 0.5) is 0 Å². The summed E-state index contributed by atoms with van der Waals surface area (Å²) in [6.45, 7) is 3.68. The van der Waals surface area contributed by atoms with Gasteiger partial charge in [0.05, 0.1) is 6.42 Å². The van der Waals surface area contributed by atoms with Crippen LogP contribution in [0.2, 0.25) is 0 Å².